The number of carbonyl (C=O) groups is 1. The van der Waals surface area contributed by atoms with E-state index in [4.69, 9.17) is 0 Å². The number of nitrogens with one attached hydrogen (secondary N) is 1. The summed E-state index contributed by atoms with van der Waals surface area (Å²) in [5.74, 6) is 0.609. The molecule has 0 aliphatic heterocycles. The molecule has 0 radical (unpaired) electrons. The van der Waals surface area contributed by atoms with Crippen molar-refractivity contribution in [1.29, 1.82) is 0 Å². The van der Waals surface area contributed by atoms with Crippen LogP contribution in [0.2, 0.25) is 0 Å². The van der Waals surface area contributed by atoms with E-state index in [2.05, 4.69) is 41.3 Å². The van der Waals surface area contributed by atoms with Crippen LogP contribution in [0.1, 0.15) is 15.9 Å². The second-order valence-corrected chi connectivity index (χ2v) is 6.64. The number of carbonyl (C=O) groups excluding carboxylic acids is 1. The molecule has 9 heteroatoms. The number of rotatable bonds is 5. The molecule has 1 N–H and O–H groups in total. The van der Waals surface area contributed by atoms with Crippen molar-refractivity contribution in [3.05, 3.63) is 83.2 Å². The quantitative estimate of drug-likeness (QED) is 0.532. The molecule has 0 bridgehead atoms. The van der Waals surface area contributed by atoms with Crippen LogP contribution in [-0.2, 0) is 6.54 Å². The number of pyridine rings is 1. The van der Waals surface area contributed by atoms with Gasteiger partial charge >= 0.3 is 0 Å². The number of imidazole rings is 1. The third kappa shape index (κ3) is 4.09. The lowest BCUT2D eigenvalue weighted by Gasteiger charge is -2.04. The van der Waals surface area contributed by atoms with E-state index < -0.39 is 0 Å². The molecule has 3 heterocycles. The summed E-state index contributed by atoms with van der Waals surface area (Å²) in [5.41, 5.74) is 1.50. The second kappa shape index (κ2) is 7.50. The summed E-state index contributed by atoms with van der Waals surface area (Å²) in [4.78, 5) is 24.7. The normalized spacial score (nSPS) is 10.7. The maximum absolute atomic E-state index is 12.4. The Kier molecular flexibility index (Phi) is 4.75. The zero-order valence-electron chi connectivity index (χ0n) is 14.0. The van der Waals surface area contributed by atoms with Crippen LogP contribution in [-0.4, -0.2) is 35.2 Å². The summed E-state index contributed by atoms with van der Waals surface area (Å²) in [5, 5.41) is 6.96. The van der Waals surface area contributed by atoms with Crippen molar-refractivity contribution in [2.45, 2.75) is 6.54 Å². The van der Waals surface area contributed by atoms with Crippen LogP contribution in [0, 0.1) is 0 Å². The smallest absolute Gasteiger partial charge is 0.259 e. The second-order valence-electron chi connectivity index (χ2n) is 5.72. The van der Waals surface area contributed by atoms with Crippen molar-refractivity contribution in [3.8, 4) is 5.82 Å². The topological polar surface area (TPSA) is 90.5 Å². The van der Waals surface area contributed by atoms with Crippen LogP contribution < -0.4 is 5.32 Å². The molecule has 8 nitrogen and oxygen atoms in total. The van der Waals surface area contributed by atoms with E-state index in [1.807, 2.05) is 24.3 Å². The van der Waals surface area contributed by atoms with E-state index in [0.29, 0.717) is 17.9 Å². The van der Waals surface area contributed by atoms with Crippen molar-refractivity contribution in [3.63, 3.8) is 0 Å². The summed E-state index contributed by atoms with van der Waals surface area (Å²) in [6, 6.07) is 11.4. The molecule has 4 rings (SSSR count). The number of hydrogen-bond donors (Lipinski definition) is 1. The minimum absolute atomic E-state index is 0.246. The highest BCUT2D eigenvalue weighted by Crippen LogP contribution is 2.12. The average Bonchev–Trinajstić information content (AvgIpc) is 3.36. The molecule has 1 aromatic carbocycles. The van der Waals surface area contributed by atoms with Crippen molar-refractivity contribution in [2.24, 2.45) is 0 Å². The molecule has 1 amide bonds. The van der Waals surface area contributed by atoms with Crippen LogP contribution in [0.3, 0.4) is 0 Å². The van der Waals surface area contributed by atoms with Gasteiger partial charge in [-0.25, -0.2) is 19.6 Å². The van der Waals surface area contributed by atoms with E-state index >= 15 is 0 Å². The van der Waals surface area contributed by atoms with Gasteiger partial charge in [0.1, 0.15) is 18.5 Å². The molecule has 134 valence electrons. The molecular formula is C18H14BrN7O. The molecule has 0 atom stereocenters. The Labute approximate surface area is 163 Å². The van der Waals surface area contributed by atoms with Gasteiger partial charge in [0.15, 0.2) is 0 Å². The van der Waals surface area contributed by atoms with Gasteiger partial charge in [-0.15, -0.1) is 5.10 Å². The van der Waals surface area contributed by atoms with Gasteiger partial charge in [0.2, 0.25) is 5.95 Å². The minimum atomic E-state index is -0.318. The van der Waals surface area contributed by atoms with Gasteiger partial charge in [0.05, 0.1) is 12.1 Å². The number of benzene rings is 1. The number of nitrogens with zero attached hydrogens (tertiary/aromatic N) is 6. The van der Waals surface area contributed by atoms with E-state index in [-0.39, 0.29) is 11.9 Å². The number of halogens is 1. The highest BCUT2D eigenvalue weighted by Gasteiger charge is 2.10. The molecule has 4 aromatic rings. The lowest BCUT2D eigenvalue weighted by molar-refractivity contribution is 0.102. The van der Waals surface area contributed by atoms with Crippen molar-refractivity contribution < 1.29 is 4.79 Å². The molecule has 0 aliphatic rings. The number of amides is 1. The molecule has 0 saturated heterocycles. The molecule has 3 aromatic heterocycles. The van der Waals surface area contributed by atoms with E-state index in [1.54, 1.807) is 46.4 Å². The first-order valence-electron chi connectivity index (χ1n) is 8.07. The number of aromatic nitrogens is 6. The fourth-order valence-electron chi connectivity index (χ4n) is 2.45. The number of anilines is 1. The third-order valence-electron chi connectivity index (χ3n) is 3.80. The SMILES string of the molecule is O=C(Nc1ncn(Cc2ccc(Br)cc2)n1)c1ccc(-n2ccnc2)nc1. The molecule has 0 spiro atoms. The van der Waals surface area contributed by atoms with Gasteiger partial charge in [-0.1, -0.05) is 28.1 Å². The Balaban J connectivity index is 1.41. The summed E-state index contributed by atoms with van der Waals surface area (Å²) in [7, 11) is 0. The molecular weight excluding hydrogens is 410 g/mol. The zero-order valence-corrected chi connectivity index (χ0v) is 15.6. The van der Waals surface area contributed by atoms with Crippen LogP contribution in [0.5, 0.6) is 0 Å². The Morgan fingerprint density at radius 3 is 2.63 bits per heavy atom. The molecule has 0 fully saturated rings. The van der Waals surface area contributed by atoms with Crippen molar-refractivity contribution in [1.82, 2.24) is 29.3 Å². The van der Waals surface area contributed by atoms with Gasteiger partial charge in [-0.3, -0.25) is 14.7 Å². The van der Waals surface area contributed by atoms with E-state index in [0.717, 1.165) is 10.0 Å². The monoisotopic (exact) mass is 423 g/mol. The Morgan fingerprint density at radius 2 is 1.93 bits per heavy atom. The van der Waals surface area contributed by atoms with Crippen LogP contribution in [0.4, 0.5) is 5.95 Å². The van der Waals surface area contributed by atoms with Gasteiger partial charge in [0, 0.05) is 23.1 Å². The molecule has 27 heavy (non-hydrogen) atoms. The molecule has 0 unspecified atom stereocenters. The maximum atomic E-state index is 12.4. The zero-order chi connectivity index (χ0) is 18.6. The Morgan fingerprint density at radius 1 is 1.07 bits per heavy atom. The fourth-order valence-corrected chi connectivity index (χ4v) is 2.71. The summed E-state index contributed by atoms with van der Waals surface area (Å²) < 4.78 is 4.44. The van der Waals surface area contributed by atoms with Gasteiger partial charge in [-0.2, -0.15) is 0 Å². The van der Waals surface area contributed by atoms with Gasteiger partial charge in [0.25, 0.3) is 5.91 Å². The Bertz CT molecular complexity index is 1040. The minimum Gasteiger partial charge on any atom is -0.291 e. The fraction of sp³-hybridized carbons (Fsp3) is 0.0556. The first-order valence-corrected chi connectivity index (χ1v) is 8.86. The van der Waals surface area contributed by atoms with Crippen LogP contribution in [0.25, 0.3) is 5.82 Å². The maximum Gasteiger partial charge on any atom is 0.259 e. The van der Waals surface area contributed by atoms with Crippen molar-refractivity contribution >= 4 is 27.8 Å². The molecule has 0 saturated carbocycles. The summed E-state index contributed by atoms with van der Waals surface area (Å²) >= 11 is 3.41. The predicted octanol–water partition coefficient (Wildman–Crippen LogP) is 2.92. The van der Waals surface area contributed by atoms with Crippen molar-refractivity contribution in [2.75, 3.05) is 5.32 Å². The Hall–Kier alpha value is -3.33. The third-order valence-corrected chi connectivity index (χ3v) is 4.33. The lowest BCUT2D eigenvalue weighted by Crippen LogP contribution is -2.14. The lowest BCUT2D eigenvalue weighted by atomic mass is 10.2. The summed E-state index contributed by atoms with van der Waals surface area (Å²) in [6.07, 6.45) is 8.17. The summed E-state index contributed by atoms with van der Waals surface area (Å²) in [6.45, 7) is 0.567. The standard InChI is InChI=1S/C18H14BrN7O/c19-15-4-1-13(2-5-15)10-26-12-22-18(24-26)23-17(27)14-3-6-16(21-9-14)25-8-7-20-11-25/h1-9,11-12H,10H2,(H,23,24,27). The van der Waals surface area contributed by atoms with Crippen LogP contribution >= 0.6 is 15.9 Å². The first-order chi connectivity index (χ1) is 13.2. The first kappa shape index (κ1) is 17.1. The van der Waals surface area contributed by atoms with E-state index in [1.165, 1.54) is 6.20 Å². The van der Waals surface area contributed by atoms with E-state index in [9.17, 15) is 4.79 Å². The predicted molar refractivity (Wildman–Crippen MR) is 103 cm³/mol. The highest BCUT2D eigenvalue weighted by molar-refractivity contribution is 9.10. The average molecular weight is 424 g/mol. The van der Waals surface area contributed by atoms with Gasteiger partial charge in [-0.05, 0) is 29.8 Å². The number of hydrogen-bond acceptors (Lipinski definition) is 5. The van der Waals surface area contributed by atoms with Gasteiger partial charge < -0.3 is 0 Å². The van der Waals surface area contributed by atoms with Crippen LogP contribution in [0.15, 0.2) is 72.1 Å². The largest absolute Gasteiger partial charge is 0.291 e. The molecule has 0 aliphatic carbocycles. The highest BCUT2D eigenvalue weighted by atomic mass is 79.9.